The van der Waals surface area contributed by atoms with Gasteiger partial charge in [0.1, 0.15) is 5.75 Å². The molecule has 1 aromatic rings. The smallest absolute Gasteiger partial charge is 0.186 e. The lowest BCUT2D eigenvalue weighted by atomic mass is 9.92. The van der Waals surface area contributed by atoms with E-state index in [4.69, 9.17) is 0 Å². The van der Waals surface area contributed by atoms with Gasteiger partial charge in [0.2, 0.25) is 0 Å². The molecule has 5 heteroatoms. The molecule has 0 aromatic carbocycles. The van der Waals surface area contributed by atoms with Crippen LogP contribution in [-0.4, -0.2) is 20.0 Å². The first-order valence-corrected chi connectivity index (χ1v) is 7.11. The number of carbonyl (C=O) groups is 1. The number of carbonyl (C=O) groups excluding carboxylic acids is 1. The van der Waals surface area contributed by atoms with Gasteiger partial charge in [-0.3, -0.25) is 4.79 Å². The largest absolute Gasteiger partial charge is 0.298 e. The van der Waals surface area contributed by atoms with Crippen LogP contribution >= 0.6 is 11.3 Å². The van der Waals surface area contributed by atoms with Gasteiger partial charge in [0.25, 0.3) is 0 Å². The zero-order chi connectivity index (χ0) is 11.7. The van der Waals surface area contributed by atoms with Crippen LogP contribution in [0, 0.1) is 5.41 Å². The average Bonchev–Trinajstić information content (AvgIpc) is 2.52. The second-order valence-corrected chi connectivity index (χ2v) is 7.16. The van der Waals surface area contributed by atoms with Crippen molar-refractivity contribution in [3.8, 4) is 0 Å². The molecule has 0 amide bonds. The lowest BCUT2D eigenvalue weighted by molar-refractivity contribution is -0.123. The molecule has 0 unspecified atom stereocenters. The van der Waals surface area contributed by atoms with E-state index in [1.54, 1.807) is 31.5 Å². The van der Waals surface area contributed by atoms with Crippen LogP contribution in [0.5, 0.6) is 0 Å². The SMILES string of the molecule is CC(C)(C)C(=O)CS(=O)(=O)c1ccsc1. The molecule has 0 bridgehead atoms. The lowest BCUT2D eigenvalue weighted by Crippen LogP contribution is -2.27. The Hall–Kier alpha value is -0.680. The average molecular weight is 246 g/mol. The minimum absolute atomic E-state index is 0.241. The van der Waals surface area contributed by atoms with E-state index < -0.39 is 21.0 Å². The molecule has 3 nitrogen and oxygen atoms in total. The first-order valence-electron chi connectivity index (χ1n) is 4.52. The molecule has 0 fully saturated rings. The zero-order valence-corrected chi connectivity index (χ0v) is 10.6. The Labute approximate surface area is 94.0 Å². The first-order chi connectivity index (χ1) is 6.73. The predicted molar refractivity (Wildman–Crippen MR) is 60.8 cm³/mol. The fourth-order valence-electron chi connectivity index (χ4n) is 0.901. The number of hydrogen-bond acceptors (Lipinski definition) is 4. The minimum atomic E-state index is -3.44. The molecule has 0 aliphatic rings. The summed E-state index contributed by atoms with van der Waals surface area (Å²) in [6.45, 7) is 5.16. The van der Waals surface area contributed by atoms with E-state index in [0.717, 1.165) is 0 Å². The van der Waals surface area contributed by atoms with Crippen LogP contribution in [0.4, 0.5) is 0 Å². The molecule has 84 valence electrons. The van der Waals surface area contributed by atoms with Crippen molar-refractivity contribution in [3.05, 3.63) is 16.8 Å². The molecule has 0 saturated carbocycles. The van der Waals surface area contributed by atoms with Crippen molar-refractivity contribution >= 4 is 27.0 Å². The third-order valence-corrected chi connectivity index (χ3v) is 4.46. The number of ketones is 1. The number of rotatable bonds is 3. The Balaban J connectivity index is 2.89. The third kappa shape index (κ3) is 3.14. The Morgan fingerprint density at radius 2 is 2.00 bits per heavy atom. The molecule has 0 radical (unpaired) electrons. The minimum Gasteiger partial charge on any atom is -0.298 e. The van der Waals surface area contributed by atoms with Crippen LogP contribution in [0.25, 0.3) is 0 Å². The molecule has 0 aliphatic carbocycles. The Morgan fingerprint density at radius 3 is 2.40 bits per heavy atom. The molecule has 15 heavy (non-hydrogen) atoms. The summed E-state index contributed by atoms with van der Waals surface area (Å²) >= 11 is 1.31. The van der Waals surface area contributed by atoms with Gasteiger partial charge in [0.15, 0.2) is 15.6 Å². The van der Waals surface area contributed by atoms with E-state index in [0.29, 0.717) is 0 Å². The van der Waals surface area contributed by atoms with E-state index in [2.05, 4.69) is 0 Å². The van der Waals surface area contributed by atoms with Crippen molar-refractivity contribution in [3.63, 3.8) is 0 Å². The molecule has 1 heterocycles. The van der Waals surface area contributed by atoms with Gasteiger partial charge in [-0.2, -0.15) is 11.3 Å². The van der Waals surface area contributed by atoms with Crippen LogP contribution in [0.1, 0.15) is 20.8 Å². The van der Waals surface area contributed by atoms with E-state index in [1.165, 1.54) is 17.4 Å². The van der Waals surface area contributed by atoms with E-state index in [-0.39, 0.29) is 10.7 Å². The molecule has 0 N–H and O–H groups in total. The Morgan fingerprint density at radius 1 is 1.40 bits per heavy atom. The summed E-state index contributed by atoms with van der Waals surface area (Å²) in [6, 6.07) is 1.52. The fourth-order valence-corrected chi connectivity index (χ4v) is 3.48. The molecule has 0 atom stereocenters. The Bertz CT molecular complexity index is 436. The molecule has 1 aromatic heterocycles. The second kappa shape index (κ2) is 4.06. The van der Waals surface area contributed by atoms with Crippen LogP contribution < -0.4 is 0 Å². The maximum Gasteiger partial charge on any atom is 0.186 e. The van der Waals surface area contributed by atoms with E-state index >= 15 is 0 Å². The molecule has 0 aliphatic heterocycles. The second-order valence-electron chi connectivity index (χ2n) is 4.39. The number of thiophene rings is 1. The highest BCUT2D eigenvalue weighted by molar-refractivity contribution is 7.92. The van der Waals surface area contributed by atoms with Gasteiger partial charge in [-0.1, -0.05) is 20.8 Å². The summed E-state index contributed by atoms with van der Waals surface area (Å²) in [7, 11) is -3.44. The molecule has 1 rings (SSSR count). The number of Topliss-reactive ketones (excluding diaryl/α,β-unsaturated/α-hetero) is 1. The van der Waals surface area contributed by atoms with Gasteiger partial charge in [-0.25, -0.2) is 8.42 Å². The third-order valence-electron chi connectivity index (χ3n) is 2.01. The number of hydrogen-bond donors (Lipinski definition) is 0. The molecular formula is C10H14O3S2. The van der Waals surface area contributed by atoms with Crippen molar-refractivity contribution in [2.24, 2.45) is 5.41 Å². The molecule has 0 saturated heterocycles. The summed E-state index contributed by atoms with van der Waals surface area (Å²) in [5.74, 6) is -0.665. The van der Waals surface area contributed by atoms with Crippen molar-refractivity contribution in [2.45, 2.75) is 25.7 Å². The fraction of sp³-hybridized carbons (Fsp3) is 0.500. The number of sulfone groups is 1. The van der Waals surface area contributed by atoms with Gasteiger partial charge in [0, 0.05) is 10.8 Å². The quantitative estimate of drug-likeness (QED) is 0.821. The highest BCUT2D eigenvalue weighted by atomic mass is 32.2. The topological polar surface area (TPSA) is 51.2 Å². The van der Waals surface area contributed by atoms with Gasteiger partial charge in [-0.15, -0.1) is 0 Å². The lowest BCUT2D eigenvalue weighted by Gasteiger charge is -2.15. The summed E-state index contributed by atoms with van der Waals surface area (Å²) in [5.41, 5.74) is -0.608. The van der Waals surface area contributed by atoms with Crippen LogP contribution in [0.2, 0.25) is 0 Å². The molecule has 0 spiro atoms. The van der Waals surface area contributed by atoms with Gasteiger partial charge < -0.3 is 0 Å². The highest BCUT2D eigenvalue weighted by Crippen LogP contribution is 2.20. The van der Waals surface area contributed by atoms with E-state index in [1.807, 2.05) is 0 Å². The standard InChI is InChI=1S/C10H14O3S2/c1-10(2,3)9(11)7-15(12,13)8-4-5-14-6-8/h4-6H,7H2,1-3H3. The van der Waals surface area contributed by atoms with E-state index in [9.17, 15) is 13.2 Å². The Kier molecular flexibility index (Phi) is 3.35. The summed E-state index contributed by atoms with van der Waals surface area (Å²) in [6.07, 6.45) is 0. The van der Waals surface area contributed by atoms with Crippen molar-refractivity contribution < 1.29 is 13.2 Å². The summed E-state index contributed by atoms with van der Waals surface area (Å²) in [5, 5.41) is 3.24. The monoisotopic (exact) mass is 246 g/mol. The maximum atomic E-state index is 11.7. The van der Waals surface area contributed by atoms with Crippen molar-refractivity contribution in [1.82, 2.24) is 0 Å². The predicted octanol–water partition coefficient (Wildman–Crippen LogP) is 2.14. The molecular weight excluding hydrogens is 232 g/mol. The van der Waals surface area contributed by atoms with Gasteiger partial charge >= 0.3 is 0 Å². The van der Waals surface area contributed by atoms with Crippen molar-refractivity contribution in [1.29, 1.82) is 0 Å². The first kappa shape index (κ1) is 12.4. The van der Waals surface area contributed by atoms with Crippen LogP contribution in [-0.2, 0) is 14.6 Å². The van der Waals surface area contributed by atoms with Gasteiger partial charge in [0.05, 0.1) is 4.90 Å². The van der Waals surface area contributed by atoms with Crippen LogP contribution in [0.15, 0.2) is 21.7 Å². The summed E-state index contributed by atoms with van der Waals surface area (Å²) in [4.78, 5) is 11.8. The maximum absolute atomic E-state index is 11.7. The normalized spacial score (nSPS) is 12.7. The zero-order valence-electron chi connectivity index (χ0n) is 8.98. The highest BCUT2D eigenvalue weighted by Gasteiger charge is 2.27. The van der Waals surface area contributed by atoms with Gasteiger partial charge in [-0.05, 0) is 11.4 Å². The summed E-state index contributed by atoms with van der Waals surface area (Å²) < 4.78 is 23.5. The van der Waals surface area contributed by atoms with Crippen molar-refractivity contribution in [2.75, 3.05) is 5.75 Å². The van der Waals surface area contributed by atoms with Crippen LogP contribution in [0.3, 0.4) is 0 Å².